The maximum Gasteiger partial charge on any atom is 0.143 e. The molecule has 0 fully saturated rings. The molecule has 0 aliphatic carbocycles. The van der Waals surface area contributed by atoms with E-state index in [-0.39, 0.29) is 0 Å². The van der Waals surface area contributed by atoms with Gasteiger partial charge in [-0.15, -0.1) is 0 Å². The SMILES string of the molecule is c1ccc(-c2cccc3c2oc2cccc(N(c4ccc(-n5c6ccccc6c6ccccc65)cc4)c4ccc(-n5c6ccccc6c6ccccc65)cc4)c23)cc1. The van der Waals surface area contributed by atoms with Crippen LogP contribution in [0.3, 0.4) is 0 Å². The largest absolute Gasteiger partial charge is 0.455 e. The maximum atomic E-state index is 6.77. The zero-order valence-electron chi connectivity index (χ0n) is 31.5. The second kappa shape index (κ2) is 12.9. The zero-order valence-corrected chi connectivity index (χ0v) is 31.5. The van der Waals surface area contributed by atoms with E-state index in [1.807, 2.05) is 0 Å². The minimum absolute atomic E-state index is 0.852. The number of aromatic nitrogens is 2. The number of anilines is 3. The summed E-state index contributed by atoms with van der Waals surface area (Å²) in [5.41, 5.74) is 14.1. The van der Waals surface area contributed by atoms with Gasteiger partial charge in [-0.05, 0) is 90.5 Å². The number of nitrogens with zero attached hydrogens (tertiary/aromatic N) is 3. The van der Waals surface area contributed by atoms with Crippen molar-refractivity contribution >= 4 is 82.6 Å². The van der Waals surface area contributed by atoms with E-state index in [1.54, 1.807) is 0 Å². The Hall–Kier alpha value is -7.82. The number of rotatable bonds is 6. The molecule has 0 spiro atoms. The van der Waals surface area contributed by atoms with Crippen molar-refractivity contribution in [2.45, 2.75) is 0 Å². The summed E-state index contributed by atoms with van der Waals surface area (Å²) < 4.78 is 11.5. The van der Waals surface area contributed by atoms with E-state index in [9.17, 15) is 0 Å². The Balaban J connectivity index is 1.06. The summed E-state index contributed by atoms with van der Waals surface area (Å²) in [5.74, 6) is 0. The van der Waals surface area contributed by atoms with Gasteiger partial charge in [0, 0.05) is 55.2 Å². The molecule has 4 nitrogen and oxygen atoms in total. The lowest BCUT2D eigenvalue weighted by molar-refractivity contribution is 0.670. The number of hydrogen-bond acceptors (Lipinski definition) is 2. The van der Waals surface area contributed by atoms with Gasteiger partial charge in [0.1, 0.15) is 11.2 Å². The minimum atomic E-state index is 0.852. The highest BCUT2D eigenvalue weighted by molar-refractivity contribution is 6.16. The molecule has 3 heterocycles. The van der Waals surface area contributed by atoms with Crippen molar-refractivity contribution < 1.29 is 4.42 Å². The molecular weight excluding hydrogens is 707 g/mol. The molecule has 3 aromatic heterocycles. The lowest BCUT2D eigenvalue weighted by Crippen LogP contribution is -2.10. The van der Waals surface area contributed by atoms with Crippen molar-refractivity contribution in [3.63, 3.8) is 0 Å². The van der Waals surface area contributed by atoms with Crippen LogP contribution < -0.4 is 4.90 Å². The summed E-state index contributed by atoms with van der Waals surface area (Å²) in [6.45, 7) is 0. The lowest BCUT2D eigenvalue weighted by atomic mass is 10.0. The van der Waals surface area contributed by atoms with Crippen molar-refractivity contribution in [1.29, 1.82) is 0 Å². The molecule has 272 valence electrons. The van der Waals surface area contributed by atoms with E-state index in [0.717, 1.165) is 61.5 Å². The molecular formula is C54H35N3O. The summed E-state index contributed by atoms with van der Waals surface area (Å²) in [5, 5.41) is 7.16. The summed E-state index contributed by atoms with van der Waals surface area (Å²) >= 11 is 0. The zero-order chi connectivity index (χ0) is 38.2. The third-order valence-electron chi connectivity index (χ3n) is 11.7. The van der Waals surface area contributed by atoms with Crippen LogP contribution in [0.2, 0.25) is 0 Å². The molecule has 0 atom stereocenters. The van der Waals surface area contributed by atoms with Crippen LogP contribution in [-0.4, -0.2) is 9.13 Å². The van der Waals surface area contributed by atoms with Gasteiger partial charge in [0.05, 0.1) is 33.1 Å². The first-order valence-corrected chi connectivity index (χ1v) is 19.8. The fourth-order valence-corrected chi connectivity index (χ4v) is 9.19. The Morgan fingerprint density at radius 2 is 0.776 bits per heavy atom. The second-order valence-electron chi connectivity index (χ2n) is 14.9. The Morgan fingerprint density at radius 3 is 1.28 bits per heavy atom. The highest BCUT2D eigenvalue weighted by Crippen LogP contribution is 2.45. The normalized spacial score (nSPS) is 11.8. The quantitative estimate of drug-likeness (QED) is 0.170. The number of furan rings is 1. The molecule has 9 aromatic carbocycles. The van der Waals surface area contributed by atoms with Crippen LogP contribution in [0.4, 0.5) is 17.1 Å². The van der Waals surface area contributed by atoms with Crippen LogP contribution in [-0.2, 0) is 0 Å². The van der Waals surface area contributed by atoms with Crippen molar-refractivity contribution in [3.8, 4) is 22.5 Å². The van der Waals surface area contributed by atoms with Crippen LogP contribution in [0.5, 0.6) is 0 Å². The Morgan fingerprint density at radius 1 is 0.345 bits per heavy atom. The van der Waals surface area contributed by atoms with Gasteiger partial charge in [0.2, 0.25) is 0 Å². The highest BCUT2D eigenvalue weighted by atomic mass is 16.3. The van der Waals surface area contributed by atoms with Crippen LogP contribution in [0.15, 0.2) is 217 Å². The number of fused-ring (bicyclic) bond motifs is 9. The van der Waals surface area contributed by atoms with Gasteiger partial charge < -0.3 is 18.5 Å². The highest BCUT2D eigenvalue weighted by Gasteiger charge is 2.22. The van der Waals surface area contributed by atoms with Gasteiger partial charge in [-0.3, -0.25) is 0 Å². The van der Waals surface area contributed by atoms with Crippen LogP contribution in [0.1, 0.15) is 0 Å². The molecule has 0 unspecified atom stereocenters. The minimum Gasteiger partial charge on any atom is -0.455 e. The average Bonchev–Trinajstić information content (AvgIpc) is 3.96. The molecule has 4 heteroatoms. The van der Waals surface area contributed by atoms with Crippen molar-refractivity contribution in [1.82, 2.24) is 9.13 Å². The van der Waals surface area contributed by atoms with E-state index in [2.05, 4.69) is 226 Å². The number of benzene rings is 9. The first-order chi connectivity index (χ1) is 28.8. The maximum absolute atomic E-state index is 6.77. The summed E-state index contributed by atoms with van der Waals surface area (Å²) in [4.78, 5) is 2.37. The van der Waals surface area contributed by atoms with Gasteiger partial charge in [-0.25, -0.2) is 0 Å². The van der Waals surface area contributed by atoms with Crippen molar-refractivity contribution in [2.24, 2.45) is 0 Å². The predicted octanol–water partition coefficient (Wildman–Crippen LogP) is 14.9. The van der Waals surface area contributed by atoms with E-state index < -0.39 is 0 Å². The molecule has 12 aromatic rings. The van der Waals surface area contributed by atoms with Gasteiger partial charge in [-0.2, -0.15) is 0 Å². The lowest BCUT2D eigenvalue weighted by Gasteiger charge is -2.27. The molecule has 0 aliphatic rings. The summed E-state index contributed by atoms with van der Waals surface area (Å²) in [7, 11) is 0. The smallest absolute Gasteiger partial charge is 0.143 e. The Kier molecular flexibility index (Phi) is 7.20. The van der Waals surface area contributed by atoms with Gasteiger partial charge >= 0.3 is 0 Å². The standard InChI is InChI=1S/C54H35N3O/c1-2-14-36(15-3-1)41-20-12-21-46-53-51(26-13-27-52(53)58-54(41)46)55(37-28-32-39(33-29-37)56-47-22-8-4-16-42(47)43-17-5-9-23-48(43)56)38-30-34-40(35-31-38)57-49-24-10-6-18-44(49)45-19-7-11-25-50(45)57/h1-35H. The molecule has 0 amide bonds. The van der Waals surface area contributed by atoms with Gasteiger partial charge in [0.25, 0.3) is 0 Å². The van der Waals surface area contributed by atoms with Crippen LogP contribution in [0.25, 0.3) is 88.1 Å². The monoisotopic (exact) mass is 741 g/mol. The molecule has 0 radical (unpaired) electrons. The van der Waals surface area contributed by atoms with E-state index in [0.29, 0.717) is 0 Å². The third kappa shape index (κ3) is 4.88. The van der Waals surface area contributed by atoms with Gasteiger partial charge in [-0.1, -0.05) is 127 Å². The molecule has 0 N–H and O–H groups in total. The fourth-order valence-electron chi connectivity index (χ4n) is 9.19. The first-order valence-electron chi connectivity index (χ1n) is 19.8. The summed E-state index contributed by atoms with van der Waals surface area (Å²) in [6, 6.07) is 76.0. The van der Waals surface area contributed by atoms with E-state index in [4.69, 9.17) is 4.42 Å². The van der Waals surface area contributed by atoms with E-state index in [1.165, 1.54) is 43.6 Å². The van der Waals surface area contributed by atoms with Gasteiger partial charge in [0.15, 0.2) is 0 Å². The van der Waals surface area contributed by atoms with Crippen molar-refractivity contribution in [2.75, 3.05) is 4.90 Å². The van der Waals surface area contributed by atoms with E-state index >= 15 is 0 Å². The third-order valence-corrected chi connectivity index (χ3v) is 11.7. The molecule has 0 saturated heterocycles. The topological polar surface area (TPSA) is 26.2 Å². The predicted molar refractivity (Wildman–Crippen MR) is 243 cm³/mol. The van der Waals surface area contributed by atoms with Crippen LogP contribution >= 0.6 is 0 Å². The molecule has 12 rings (SSSR count). The molecule has 0 bridgehead atoms. The summed E-state index contributed by atoms with van der Waals surface area (Å²) in [6.07, 6.45) is 0. The second-order valence-corrected chi connectivity index (χ2v) is 14.9. The molecule has 58 heavy (non-hydrogen) atoms. The Bertz CT molecular complexity index is 3230. The first kappa shape index (κ1) is 32.4. The Labute approximate surface area is 334 Å². The average molecular weight is 742 g/mol. The van der Waals surface area contributed by atoms with Crippen LogP contribution in [0, 0.1) is 0 Å². The molecule has 0 saturated carbocycles. The number of hydrogen-bond donors (Lipinski definition) is 0. The fraction of sp³-hybridized carbons (Fsp3) is 0. The number of para-hydroxylation sites is 5. The molecule has 0 aliphatic heterocycles. The van der Waals surface area contributed by atoms with Crippen molar-refractivity contribution in [3.05, 3.63) is 212 Å².